The lowest BCUT2D eigenvalue weighted by Gasteiger charge is -2.42. The highest BCUT2D eigenvalue weighted by atomic mass is 32.1. The molecule has 2 heterocycles. The lowest BCUT2D eigenvalue weighted by Crippen LogP contribution is -2.38. The number of benzene rings is 1. The monoisotopic (exact) mass is 259 g/mol. The van der Waals surface area contributed by atoms with Crippen LogP contribution >= 0.6 is 11.3 Å². The Hall–Kier alpha value is -1.85. The van der Waals surface area contributed by atoms with Gasteiger partial charge in [0.15, 0.2) is 0 Å². The van der Waals surface area contributed by atoms with E-state index >= 15 is 0 Å². The first kappa shape index (κ1) is 11.3. The molecule has 4 nitrogen and oxygen atoms in total. The Kier molecular flexibility index (Phi) is 2.57. The third-order valence-electron chi connectivity index (χ3n) is 3.03. The second-order valence-electron chi connectivity index (χ2n) is 4.19. The predicted octanol–water partition coefficient (Wildman–Crippen LogP) is 3.12. The van der Waals surface area contributed by atoms with E-state index in [4.69, 9.17) is 0 Å². The zero-order chi connectivity index (χ0) is 12.7. The van der Waals surface area contributed by atoms with Crippen LogP contribution in [0.15, 0.2) is 35.7 Å². The van der Waals surface area contributed by atoms with Crippen molar-refractivity contribution in [3.8, 4) is 0 Å². The van der Waals surface area contributed by atoms with Crippen molar-refractivity contribution in [1.29, 1.82) is 0 Å². The molecular formula is C13H11N2O2S-. The van der Waals surface area contributed by atoms with Crippen LogP contribution in [0.1, 0.15) is 27.0 Å². The molecule has 1 aromatic carbocycles. The van der Waals surface area contributed by atoms with Crippen LogP contribution < -0.4 is 5.32 Å². The Labute approximate surface area is 108 Å². The van der Waals surface area contributed by atoms with Crippen molar-refractivity contribution in [2.24, 2.45) is 0 Å². The molecule has 1 aliphatic heterocycles. The summed E-state index contributed by atoms with van der Waals surface area (Å²) in [6, 6.07) is 9.02. The number of para-hydroxylation sites is 1. The van der Waals surface area contributed by atoms with Crippen LogP contribution in [-0.4, -0.2) is 11.0 Å². The summed E-state index contributed by atoms with van der Waals surface area (Å²) in [6.07, 6.45) is -0.618. The summed E-state index contributed by atoms with van der Waals surface area (Å²) < 4.78 is 0. The van der Waals surface area contributed by atoms with Gasteiger partial charge >= 0.3 is 0 Å². The summed E-state index contributed by atoms with van der Waals surface area (Å²) >= 11 is 1.48. The highest BCUT2D eigenvalue weighted by Gasteiger charge is 2.28. The lowest BCUT2D eigenvalue weighted by atomic mass is 10.1. The van der Waals surface area contributed by atoms with Crippen LogP contribution in [0.5, 0.6) is 0 Å². The fourth-order valence-corrected chi connectivity index (χ4v) is 3.03. The number of carbonyl (C=O) groups is 1. The molecule has 0 saturated carbocycles. The number of amides is 1. The van der Waals surface area contributed by atoms with Crippen LogP contribution in [0.3, 0.4) is 0 Å². The summed E-state index contributed by atoms with van der Waals surface area (Å²) in [6.45, 7) is 1.94. The van der Waals surface area contributed by atoms with Gasteiger partial charge in [0, 0.05) is 10.6 Å². The minimum atomic E-state index is -0.618. The van der Waals surface area contributed by atoms with Gasteiger partial charge in [-0.15, -0.1) is 11.3 Å². The number of hydrogen-bond donors (Lipinski definition) is 1. The molecule has 1 aliphatic rings. The number of hydroxylamine groups is 2. The quantitative estimate of drug-likeness (QED) is 0.856. The number of rotatable bonds is 1. The van der Waals surface area contributed by atoms with Gasteiger partial charge in [-0.05, 0) is 36.1 Å². The van der Waals surface area contributed by atoms with Gasteiger partial charge in [-0.1, -0.05) is 12.1 Å². The standard InChI is InChI=1S/C13H11N2O2S/c1-8-6-7-18-11(8)12-14-10-5-3-2-4-9(10)13(16)15(12)17/h2-7,12,14H,1H3/q-1. The first-order chi connectivity index (χ1) is 8.68. The van der Waals surface area contributed by atoms with Gasteiger partial charge in [0.1, 0.15) is 6.17 Å². The highest BCUT2D eigenvalue weighted by molar-refractivity contribution is 7.10. The number of fused-ring (bicyclic) bond motifs is 1. The second kappa shape index (κ2) is 4.12. The Morgan fingerprint density at radius 1 is 1.33 bits per heavy atom. The topological polar surface area (TPSA) is 55.4 Å². The van der Waals surface area contributed by atoms with Gasteiger partial charge in [-0.25, -0.2) is 0 Å². The van der Waals surface area contributed by atoms with E-state index in [1.807, 2.05) is 30.5 Å². The molecule has 2 aromatic rings. The molecule has 0 saturated heterocycles. The fraction of sp³-hybridized carbons (Fsp3) is 0.154. The van der Waals surface area contributed by atoms with Crippen LogP contribution in [0.4, 0.5) is 5.69 Å². The van der Waals surface area contributed by atoms with Gasteiger partial charge in [-0.3, -0.25) is 4.79 Å². The molecule has 92 valence electrons. The van der Waals surface area contributed by atoms with Crippen LogP contribution in [0.25, 0.3) is 0 Å². The Morgan fingerprint density at radius 2 is 2.11 bits per heavy atom. The molecule has 1 unspecified atom stereocenters. The molecule has 0 spiro atoms. The molecule has 1 atom stereocenters. The summed E-state index contributed by atoms with van der Waals surface area (Å²) in [5.74, 6) is -0.484. The second-order valence-corrected chi connectivity index (χ2v) is 5.14. The number of anilines is 1. The van der Waals surface area contributed by atoms with Gasteiger partial charge < -0.3 is 15.6 Å². The van der Waals surface area contributed by atoms with Crippen molar-refractivity contribution in [2.45, 2.75) is 13.1 Å². The molecule has 1 N–H and O–H groups in total. The van der Waals surface area contributed by atoms with E-state index in [1.54, 1.807) is 12.1 Å². The number of aryl methyl sites for hydroxylation is 1. The maximum atomic E-state index is 12.0. The van der Waals surface area contributed by atoms with E-state index in [9.17, 15) is 10.0 Å². The number of nitrogens with zero attached hydrogens (tertiary/aromatic N) is 1. The number of carbonyl (C=O) groups excluding carboxylic acids is 1. The van der Waals surface area contributed by atoms with Crippen LogP contribution in [0, 0.1) is 12.1 Å². The van der Waals surface area contributed by atoms with E-state index in [0.717, 1.165) is 10.4 Å². The predicted molar refractivity (Wildman–Crippen MR) is 71.4 cm³/mol. The van der Waals surface area contributed by atoms with E-state index < -0.39 is 12.1 Å². The number of nitrogens with one attached hydrogen (secondary N) is 1. The van der Waals surface area contributed by atoms with E-state index in [2.05, 4.69) is 5.32 Å². The molecule has 0 fully saturated rings. The van der Waals surface area contributed by atoms with Crippen molar-refractivity contribution in [2.75, 3.05) is 5.32 Å². The summed E-state index contributed by atoms with van der Waals surface area (Å²) in [5.41, 5.74) is 2.16. The number of thiophene rings is 1. The molecule has 18 heavy (non-hydrogen) atoms. The van der Waals surface area contributed by atoms with Crippen molar-refractivity contribution < 1.29 is 4.79 Å². The van der Waals surface area contributed by atoms with Crippen molar-refractivity contribution >= 4 is 22.9 Å². The molecule has 1 amide bonds. The van der Waals surface area contributed by atoms with Gasteiger partial charge in [0.2, 0.25) is 5.91 Å². The summed E-state index contributed by atoms with van der Waals surface area (Å²) in [4.78, 5) is 12.9. The maximum absolute atomic E-state index is 12.0. The third-order valence-corrected chi connectivity index (χ3v) is 4.11. The maximum Gasteiger partial charge on any atom is 0.247 e. The zero-order valence-electron chi connectivity index (χ0n) is 9.71. The average molecular weight is 259 g/mol. The fourth-order valence-electron chi connectivity index (χ4n) is 2.07. The normalized spacial score (nSPS) is 18.4. The van der Waals surface area contributed by atoms with Crippen LogP contribution in [-0.2, 0) is 0 Å². The van der Waals surface area contributed by atoms with Crippen molar-refractivity contribution in [3.63, 3.8) is 0 Å². The van der Waals surface area contributed by atoms with E-state index in [0.29, 0.717) is 16.3 Å². The molecular weight excluding hydrogens is 248 g/mol. The van der Waals surface area contributed by atoms with E-state index in [1.165, 1.54) is 11.3 Å². The minimum absolute atomic E-state index is 0.429. The van der Waals surface area contributed by atoms with Crippen molar-refractivity contribution in [3.05, 3.63) is 56.9 Å². The average Bonchev–Trinajstić information content (AvgIpc) is 2.80. The minimum Gasteiger partial charge on any atom is -0.754 e. The molecule has 3 rings (SSSR count). The molecule has 0 bridgehead atoms. The van der Waals surface area contributed by atoms with Crippen LogP contribution in [0.2, 0.25) is 0 Å². The molecule has 0 aliphatic carbocycles. The Morgan fingerprint density at radius 3 is 2.83 bits per heavy atom. The first-order valence-electron chi connectivity index (χ1n) is 5.59. The van der Waals surface area contributed by atoms with E-state index in [-0.39, 0.29) is 0 Å². The molecule has 1 aromatic heterocycles. The molecule has 5 heteroatoms. The molecule has 0 radical (unpaired) electrons. The number of hydrogen-bond acceptors (Lipinski definition) is 4. The van der Waals surface area contributed by atoms with Gasteiger partial charge in [-0.2, -0.15) is 0 Å². The first-order valence-corrected chi connectivity index (χ1v) is 6.46. The third kappa shape index (κ3) is 1.60. The van der Waals surface area contributed by atoms with Gasteiger partial charge in [0.25, 0.3) is 0 Å². The Bertz CT molecular complexity index is 609. The van der Waals surface area contributed by atoms with Crippen molar-refractivity contribution in [1.82, 2.24) is 5.06 Å². The Balaban J connectivity index is 2.06. The van der Waals surface area contributed by atoms with Gasteiger partial charge in [0.05, 0.1) is 5.56 Å². The summed E-state index contributed by atoms with van der Waals surface area (Å²) in [7, 11) is 0. The highest BCUT2D eigenvalue weighted by Crippen LogP contribution is 2.35. The zero-order valence-corrected chi connectivity index (χ0v) is 10.5. The smallest absolute Gasteiger partial charge is 0.247 e. The lowest BCUT2D eigenvalue weighted by molar-refractivity contribution is 0.0773. The SMILES string of the molecule is Cc1ccsc1C1Nc2ccccc2C(=O)N1[O-]. The summed E-state index contributed by atoms with van der Waals surface area (Å²) in [5, 5.41) is 17.6. The largest absolute Gasteiger partial charge is 0.754 e.